The molecule has 0 fully saturated rings. The summed E-state index contributed by atoms with van der Waals surface area (Å²) in [5.74, 6) is -6.45. The molecule has 3 rings (SSSR count). The molecular formula is C37H54N7NaO9S. The summed E-state index contributed by atoms with van der Waals surface area (Å²) in [6, 6.07) is 3.89. The van der Waals surface area contributed by atoms with Crippen LogP contribution in [-0.2, 0) is 26.3 Å². The number of aliphatic carboxylic acids is 2. The molecule has 3 aromatic rings. The van der Waals surface area contributed by atoms with Gasteiger partial charge in [0.15, 0.2) is 11.2 Å². The maximum Gasteiger partial charge on any atom is 1.00 e. The van der Waals surface area contributed by atoms with E-state index in [-0.39, 0.29) is 78.0 Å². The number of anilines is 2. The molecule has 16 nitrogen and oxygen atoms in total. The van der Waals surface area contributed by atoms with Crippen molar-refractivity contribution in [3.05, 3.63) is 52.1 Å². The van der Waals surface area contributed by atoms with Crippen molar-refractivity contribution in [3.63, 3.8) is 0 Å². The average Bonchev–Trinajstić information content (AvgIpc) is 3.12. The van der Waals surface area contributed by atoms with Gasteiger partial charge in [-0.2, -0.15) is 13.4 Å². The standard InChI is InChI=1S/C37H55N7O9S.Na/c1-3-5-7-9-11-13-15-17-28(37(35(49)50,54(51,52)53)22-16-14-12-10-8-6-4-2)29(34(47)48)42-32(45)25-18-20-26(21-19-25)39-23-27-24-40-31-30(41-27)33(46)44-36(38)43-31;/h18-21,24,28-29,39H,3-17,22-23H2,1-2H3,(H,42,45)(H,47,48)(H,49,50)(H,51,52,53)(H3,38,40,43,44,46);/q;+1/p-1/t28?,29-,37?;/m0./s1. The van der Waals surface area contributed by atoms with Crippen LogP contribution in [0.15, 0.2) is 35.3 Å². The fraction of sp³-hybridized carbons (Fsp3) is 0.595. The van der Waals surface area contributed by atoms with E-state index in [0.717, 1.165) is 57.8 Å². The van der Waals surface area contributed by atoms with Gasteiger partial charge in [-0.1, -0.05) is 104 Å². The minimum absolute atomic E-state index is 0. The zero-order valence-electron chi connectivity index (χ0n) is 32.1. The molecule has 0 saturated carbocycles. The third kappa shape index (κ3) is 13.8. The van der Waals surface area contributed by atoms with Crippen LogP contribution in [0.25, 0.3) is 11.2 Å². The number of benzene rings is 1. The van der Waals surface area contributed by atoms with E-state index in [4.69, 9.17) is 5.73 Å². The van der Waals surface area contributed by atoms with Gasteiger partial charge in [-0.3, -0.25) is 19.1 Å². The summed E-state index contributed by atoms with van der Waals surface area (Å²) in [6.07, 6.45) is 11.5. The molecule has 2 unspecified atom stereocenters. The van der Waals surface area contributed by atoms with Crippen LogP contribution < -0.4 is 56.6 Å². The molecule has 298 valence electrons. The molecule has 0 aliphatic heterocycles. The zero-order chi connectivity index (χ0) is 39.7. The number of unbranched alkanes of at least 4 members (excludes halogenated alkanes) is 12. The maximum atomic E-state index is 13.5. The van der Waals surface area contributed by atoms with Gasteiger partial charge < -0.3 is 31.4 Å². The van der Waals surface area contributed by atoms with Crippen molar-refractivity contribution >= 4 is 50.8 Å². The second kappa shape index (κ2) is 23.4. The van der Waals surface area contributed by atoms with E-state index in [9.17, 15) is 42.4 Å². The van der Waals surface area contributed by atoms with Crippen molar-refractivity contribution in [1.29, 1.82) is 0 Å². The number of carbonyl (C=O) groups excluding carboxylic acids is 2. The van der Waals surface area contributed by atoms with E-state index >= 15 is 0 Å². The Kier molecular flexibility index (Phi) is 20.2. The van der Waals surface area contributed by atoms with Crippen LogP contribution in [0.2, 0.25) is 0 Å². The summed E-state index contributed by atoms with van der Waals surface area (Å²) in [5, 5.41) is 28.8. The number of hydrogen-bond donors (Lipinski definition) is 6. The quantitative estimate of drug-likeness (QED) is 0.0381. The minimum atomic E-state index is -5.43. The van der Waals surface area contributed by atoms with Crippen molar-refractivity contribution in [3.8, 4) is 0 Å². The number of nitrogens with zero attached hydrogens (tertiary/aromatic N) is 3. The van der Waals surface area contributed by atoms with Crippen LogP contribution in [0, 0.1) is 5.92 Å². The van der Waals surface area contributed by atoms with Crippen LogP contribution in [0.5, 0.6) is 0 Å². The molecule has 3 atom stereocenters. The SMILES string of the molecule is CCCCCCCCCC([C@H](NC(=O)c1ccc(NCc2cnc3nc(N)[nH]c(=O)c3n2)cc1)C(=O)O)C(CCCCCCCCC)(C(=O)[O-])S(=O)(=O)O.[Na+]. The van der Waals surface area contributed by atoms with Gasteiger partial charge in [0.25, 0.3) is 21.6 Å². The van der Waals surface area contributed by atoms with Crippen molar-refractivity contribution in [2.24, 2.45) is 5.92 Å². The predicted octanol–water partition coefficient (Wildman–Crippen LogP) is 1.37. The Morgan fingerprint density at radius 1 is 0.909 bits per heavy atom. The van der Waals surface area contributed by atoms with Gasteiger partial charge in [-0.05, 0) is 37.1 Å². The fourth-order valence-electron chi connectivity index (χ4n) is 6.75. The molecule has 1 amide bonds. The van der Waals surface area contributed by atoms with Crippen molar-refractivity contribution < 1.29 is 67.1 Å². The molecule has 0 radical (unpaired) electrons. The number of H-pyrrole nitrogens is 1. The molecule has 55 heavy (non-hydrogen) atoms. The van der Waals surface area contributed by atoms with Gasteiger partial charge in [0.05, 0.1) is 24.4 Å². The Hall–Kier alpha value is -3.64. The van der Waals surface area contributed by atoms with E-state index in [2.05, 4.69) is 44.4 Å². The second-order valence-corrected chi connectivity index (χ2v) is 15.4. The maximum absolute atomic E-state index is 13.5. The molecule has 1 aromatic carbocycles. The number of amides is 1. The summed E-state index contributed by atoms with van der Waals surface area (Å²) in [7, 11) is -5.43. The van der Waals surface area contributed by atoms with Crippen LogP contribution in [0.1, 0.15) is 133 Å². The van der Waals surface area contributed by atoms with Crippen LogP contribution >= 0.6 is 0 Å². The Labute approximate surface area is 344 Å². The second-order valence-electron chi connectivity index (χ2n) is 13.7. The van der Waals surface area contributed by atoms with Crippen molar-refractivity contribution in [2.45, 2.75) is 134 Å². The molecule has 2 aromatic heterocycles. The summed E-state index contributed by atoms with van der Waals surface area (Å²) >= 11 is 0. The van der Waals surface area contributed by atoms with Crippen molar-refractivity contribution in [2.75, 3.05) is 11.1 Å². The van der Waals surface area contributed by atoms with Crippen LogP contribution in [-0.4, -0.2) is 66.6 Å². The summed E-state index contributed by atoms with van der Waals surface area (Å²) in [6.45, 7) is 4.29. The number of rotatable bonds is 26. The van der Waals surface area contributed by atoms with E-state index in [0.29, 0.717) is 30.6 Å². The Morgan fingerprint density at radius 2 is 1.47 bits per heavy atom. The van der Waals surface area contributed by atoms with E-state index in [1.54, 1.807) is 0 Å². The van der Waals surface area contributed by atoms with Gasteiger partial charge in [0, 0.05) is 17.2 Å². The first-order chi connectivity index (χ1) is 25.7. The number of aromatic nitrogens is 4. The molecule has 0 spiro atoms. The molecule has 18 heteroatoms. The smallest absolute Gasteiger partial charge is 0.548 e. The molecule has 7 N–H and O–H groups in total. The van der Waals surface area contributed by atoms with Gasteiger partial charge >= 0.3 is 35.5 Å². The third-order valence-corrected chi connectivity index (χ3v) is 11.3. The average molecular weight is 796 g/mol. The number of carboxylic acids is 2. The number of nitrogens with two attached hydrogens (primary N) is 1. The van der Waals surface area contributed by atoms with Crippen LogP contribution in [0.3, 0.4) is 0 Å². The first-order valence-electron chi connectivity index (χ1n) is 18.8. The first kappa shape index (κ1) is 47.5. The van der Waals surface area contributed by atoms with Crippen molar-refractivity contribution in [1.82, 2.24) is 25.3 Å². The third-order valence-electron chi connectivity index (χ3n) is 9.74. The van der Waals surface area contributed by atoms with E-state index in [1.165, 1.54) is 30.5 Å². The monoisotopic (exact) mass is 795 g/mol. The van der Waals surface area contributed by atoms with E-state index < -0.39 is 56.7 Å². The summed E-state index contributed by atoms with van der Waals surface area (Å²) in [5.41, 5.74) is 6.05. The normalized spacial score (nSPS) is 13.7. The number of aromatic amines is 1. The summed E-state index contributed by atoms with van der Waals surface area (Å²) < 4.78 is 33.8. The molecule has 0 saturated heterocycles. The molecular weight excluding hydrogens is 742 g/mol. The number of nitrogen functional groups attached to an aromatic ring is 1. The van der Waals surface area contributed by atoms with Gasteiger partial charge in [-0.25, -0.2) is 14.8 Å². The Bertz CT molecular complexity index is 1860. The fourth-order valence-corrected chi connectivity index (χ4v) is 8.00. The first-order valence-corrected chi connectivity index (χ1v) is 20.3. The number of carbonyl (C=O) groups is 3. The zero-order valence-corrected chi connectivity index (χ0v) is 35.0. The minimum Gasteiger partial charge on any atom is -0.548 e. The number of hydrogen-bond acceptors (Lipinski definition) is 12. The predicted molar refractivity (Wildman–Crippen MR) is 203 cm³/mol. The Balaban J connectivity index is 0.0000105. The number of carboxylic acid groups (broad SMARTS) is 2. The van der Waals surface area contributed by atoms with Crippen LogP contribution in [0.4, 0.5) is 11.6 Å². The molecule has 0 bridgehead atoms. The largest absolute Gasteiger partial charge is 1.00 e. The molecule has 0 aliphatic rings. The molecule has 2 heterocycles. The van der Waals surface area contributed by atoms with Gasteiger partial charge in [0.1, 0.15) is 10.8 Å². The van der Waals surface area contributed by atoms with Gasteiger partial charge in [-0.15, -0.1) is 0 Å². The number of fused-ring (bicyclic) bond motifs is 1. The summed E-state index contributed by atoms with van der Waals surface area (Å²) in [4.78, 5) is 66.1. The van der Waals surface area contributed by atoms with E-state index in [1.807, 2.05) is 0 Å². The van der Waals surface area contributed by atoms with Gasteiger partial charge in [0.2, 0.25) is 5.95 Å². The Morgan fingerprint density at radius 3 is 2.02 bits per heavy atom. The number of nitrogens with one attached hydrogen (secondary N) is 3. The topological polar surface area (TPSA) is 270 Å². The molecule has 0 aliphatic carbocycles.